The number of imide groups is 1. The van der Waals surface area contributed by atoms with Crippen molar-refractivity contribution in [1.29, 1.82) is 0 Å². The maximum absolute atomic E-state index is 14.1. The summed E-state index contributed by atoms with van der Waals surface area (Å²) in [7, 11) is -4.52. The lowest BCUT2D eigenvalue weighted by Crippen LogP contribution is -2.62. The first-order valence-electron chi connectivity index (χ1n) is 16.6. The van der Waals surface area contributed by atoms with Gasteiger partial charge in [-0.25, -0.2) is 13.2 Å². The van der Waals surface area contributed by atoms with Crippen LogP contribution in [-0.4, -0.2) is 63.6 Å². The van der Waals surface area contributed by atoms with Crippen molar-refractivity contribution in [2.24, 2.45) is 5.92 Å². The van der Waals surface area contributed by atoms with Crippen LogP contribution in [0.25, 0.3) is 11.1 Å². The van der Waals surface area contributed by atoms with E-state index >= 15 is 0 Å². The second-order valence-corrected chi connectivity index (χ2v) is 14.3. The smallest absolute Gasteiger partial charge is 0.344 e. The van der Waals surface area contributed by atoms with Gasteiger partial charge in [-0.05, 0) is 60.9 Å². The number of likely N-dealkylation sites (tertiary alicyclic amines) is 1. The number of carbonyl (C=O) groups is 4. The number of amides is 3. The average molecular weight is 675 g/mol. The zero-order valence-electron chi connectivity index (χ0n) is 27.1. The van der Waals surface area contributed by atoms with Gasteiger partial charge in [0.05, 0.1) is 4.90 Å². The largest absolute Gasteiger partial charge is 0.478 e. The number of nitrogens with zero attached hydrogens (tertiary/aromatic N) is 3. The zero-order valence-corrected chi connectivity index (χ0v) is 28.0. The first-order chi connectivity index (χ1) is 23.1. The van der Waals surface area contributed by atoms with Crippen molar-refractivity contribution in [2.45, 2.75) is 88.2 Å². The number of pyridine rings is 1. The van der Waals surface area contributed by atoms with Gasteiger partial charge >= 0.3 is 5.97 Å². The molecule has 2 N–H and O–H groups in total. The third kappa shape index (κ3) is 7.34. The summed E-state index contributed by atoms with van der Waals surface area (Å²) in [5.41, 5.74) is 0.343. The van der Waals surface area contributed by atoms with Crippen molar-refractivity contribution >= 4 is 33.7 Å². The van der Waals surface area contributed by atoms with Gasteiger partial charge < -0.3 is 10.0 Å². The molecule has 3 amide bonds. The van der Waals surface area contributed by atoms with Gasteiger partial charge in [0.2, 0.25) is 11.8 Å². The van der Waals surface area contributed by atoms with Crippen LogP contribution in [0.2, 0.25) is 0 Å². The van der Waals surface area contributed by atoms with Gasteiger partial charge in [0.15, 0.2) is 5.66 Å². The Bertz CT molecular complexity index is 1740. The second kappa shape index (κ2) is 15.2. The van der Waals surface area contributed by atoms with E-state index in [-0.39, 0.29) is 37.2 Å². The molecule has 1 saturated heterocycles. The molecule has 0 bridgehead atoms. The Morgan fingerprint density at radius 2 is 1.60 bits per heavy atom. The number of carboxylic acids is 1. The number of aromatic nitrogens is 1. The summed E-state index contributed by atoms with van der Waals surface area (Å²) in [5.74, 6) is -2.63. The monoisotopic (exact) mass is 674 g/mol. The minimum atomic E-state index is -4.52. The van der Waals surface area contributed by atoms with Crippen LogP contribution in [0.4, 0.5) is 0 Å². The third-order valence-corrected chi connectivity index (χ3v) is 11.1. The minimum absolute atomic E-state index is 0.00731. The quantitative estimate of drug-likeness (QED) is 0.244. The molecule has 1 aliphatic carbocycles. The SMILES string of the molecule is CCCC(=O)N(C(=O)CCC1CCCC1)S(=O)(=O)c1ccccc1-c1ccc(CNC2(C(=O)O)CCCN2C(=O)c2ccncc2)cc1. The first-order valence-corrected chi connectivity index (χ1v) is 18.0. The summed E-state index contributed by atoms with van der Waals surface area (Å²) in [6.45, 7) is 2.17. The molecule has 1 aromatic heterocycles. The van der Waals surface area contributed by atoms with Crippen LogP contribution in [0.3, 0.4) is 0 Å². The number of aliphatic carboxylic acids is 1. The number of sulfonamides is 1. The molecule has 1 aliphatic heterocycles. The molecular formula is C36H42N4O7S. The maximum atomic E-state index is 14.1. The summed E-state index contributed by atoms with van der Waals surface area (Å²) in [5, 5.41) is 13.4. The molecule has 48 heavy (non-hydrogen) atoms. The average Bonchev–Trinajstić information content (AvgIpc) is 3.78. The molecule has 0 spiro atoms. The fraction of sp³-hybridized carbons (Fsp3) is 0.417. The van der Waals surface area contributed by atoms with E-state index in [1.54, 1.807) is 61.5 Å². The molecule has 1 saturated carbocycles. The van der Waals surface area contributed by atoms with Crippen molar-refractivity contribution in [2.75, 3.05) is 6.54 Å². The van der Waals surface area contributed by atoms with Gasteiger partial charge in [0.25, 0.3) is 15.9 Å². The van der Waals surface area contributed by atoms with Crippen LogP contribution in [0, 0.1) is 5.92 Å². The number of carbonyl (C=O) groups excluding carboxylic acids is 3. The fourth-order valence-electron chi connectivity index (χ4n) is 6.76. The summed E-state index contributed by atoms with van der Waals surface area (Å²) >= 11 is 0. The molecule has 2 heterocycles. The molecule has 11 nitrogen and oxygen atoms in total. The highest BCUT2D eigenvalue weighted by Gasteiger charge is 2.50. The molecule has 2 fully saturated rings. The topological polar surface area (TPSA) is 154 Å². The summed E-state index contributed by atoms with van der Waals surface area (Å²) in [4.78, 5) is 57.5. The normalized spacial score (nSPS) is 18.1. The van der Waals surface area contributed by atoms with Gasteiger partial charge in [0, 0.05) is 49.5 Å². The van der Waals surface area contributed by atoms with Crippen LogP contribution in [-0.2, 0) is 31.0 Å². The first kappa shape index (κ1) is 34.9. The van der Waals surface area contributed by atoms with E-state index in [4.69, 9.17) is 0 Å². The highest BCUT2D eigenvalue weighted by atomic mass is 32.2. The van der Waals surface area contributed by atoms with Crippen LogP contribution < -0.4 is 5.32 Å². The third-order valence-electron chi connectivity index (χ3n) is 9.32. The number of hydrogen-bond donors (Lipinski definition) is 2. The zero-order chi connectivity index (χ0) is 34.3. The van der Waals surface area contributed by atoms with Crippen LogP contribution >= 0.6 is 0 Å². The molecule has 2 aliphatic rings. The predicted molar refractivity (Wildman–Crippen MR) is 179 cm³/mol. The number of benzene rings is 2. The van der Waals surface area contributed by atoms with E-state index in [2.05, 4.69) is 10.3 Å². The Labute approximate surface area is 281 Å². The number of nitrogens with one attached hydrogen (secondary N) is 1. The van der Waals surface area contributed by atoms with E-state index in [0.29, 0.717) is 51.7 Å². The molecule has 1 atom stereocenters. The lowest BCUT2D eigenvalue weighted by atomic mass is 10.0. The van der Waals surface area contributed by atoms with E-state index in [9.17, 15) is 32.7 Å². The Kier molecular flexibility index (Phi) is 11.1. The molecule has 3 aromatic rings. The van der Waals surface area contributed by atoms with Gasteiger partial charge in [-0.15, -0.1) is 0 Å². The van der Waals surface area contributed by atoms with Crippen molar-refractivity contribution in [3.05, 3.63) is 84.2 Å². The Hall–Kier alpha value is -4.42. The van der Waals surface area contributed by atoms with E-state index in [1.165, 1.54) is 23.4 Å². The van der Waals surface area contributed by atoms with Gasteiger partial charge in [0.1, 0.15) is 0 Å². The van der Waals surface area contributed by atoms with Gasteiger partial charge in [-0.1, -0.05) is 75.1 Å². The molecule has 2 aromatic carbocycles. The molecule has 254 valence electrons. The molecule has 12 heteroatoms. The Morgan fingerprint density at radius 3 is 2.27 bits per heavy atom. The molecule has 5 rings (SSSR count). The van der Waals surface area contributed by atoms with E-state index in [1.807, 2.05) is 0 Å². The summed E-state index contributed by atoms with van der Waals surface area (Å²) < 4.78 is 28.6. The lowest BCUT2D eigenvalue weighted by Gasteiger charge is -2.35. The number of hydrogen-bond acceptors (Lipinski definition) is 8. The summed E-state index contributed by atoms with van der Waals surface area (Å²) in [6, 6.07) is 16.3. The second-order valence-electron chi connectivity index (χ2n) is 12.5. The highest BCUT2D eigenvalue weighted by molar-refractivity contribution is 7.90. The van der Waals surface area contributed by atoms with Crippen LogP contribution in [0.15, 0.2) is 78.0 Å². The van der Waals surface area contributed by atoms with Crippen molar-refractivity contribution in [3.63, 3.8) is 0 Å². The molecule has 0 radical (unpaired) electrons. The van der Waals surface area contributed by atoms with Gasteiger partial charge in [-0.3, -0.25) is 24.7 Å². The van der Waals surface area contributed by atoms with E-state index in [0.717, 1.165) is 25.7 Å². The standard InChI is InChI=1S/C36H42N4O7S/c1-2-8-32(41)40(33(42)18-15-26-9-3-4-10-26)48(46,47)31-12-6-5-11-30(31)28-16-13-27(14-17-28)25-38-36(35(44)45)21-7-24-39(36)34(43)29-19-22-37-23-20-29/h5-6,11-14,16-17,19-20,22-23,26,38H,2-4,7-10,15,18,21,24-25H2,1H3,(H,44,45). The number of rotatable bonds is 13. The maximum Gasteiger partial charge on any atom is 0.344 e. The van der Waals surface area contributed by atoms with Crippen LogP contribution in [0.1, 0.15) is 87.1 Å². The predicted octanol–water partition coefficient (Wildman–Crippen LogP) is 5.37. The number of carboxylic acid groups (broad SMARTS) is 1. The Balaban J connectivity index is 1.36. The van der Waals surface area contributed by atoms with Crippen LogP contribution in [0.5, 0.6) is 0 Å². The lowest BCUT2D eigenvalue weighted by molar-refractivity contribution is -0.150. The van der Waals surface area contributed by atoms with Gasteiger partial charge in [-0.2, -0.15) is 4.31 Å². The highest BCUT2D eigenvalue weighted by Crippen LogP contribution is 2.33. The minimum Gasteiger partial charge on any atom is -0.478 e. The Morgan fingerprint density at radius 1 is 0.938 bits per heavy atom. The fourth-order valence-corrected chi connectivity index (χ4v) is 8.39. The van der Waals surface area contributed by atoms with Crippen molar-refractivity contribution in [3.8, 4) is 11.1 Å². The summed E-state index contributed by atoms with van der Waals surface area (Å²) in [6.07, 6.45) is 8.82. The van der Waals surface area contributed by atoms with Crippen molar-refractivity contribution in [1.82, 2.24) is 19.5 Å². The van der Waals surface area contributed by atoms with Crippen molar-refractivity contribution < 1.29 is 32.7 Å². The molecular weight excluding hydrogens is 632 g/mol. The molecule has 1 unspecified atom stereocenters. The van der Waals surface area contributed by atoms with E-state index < -0.39 is 39.4 Å².